The average molecular weight is 288 g/mol. The van der Waals surface area contributed by atoms with Crippen molar-refractivity contribution in [3.05, 3.63) is 23.5 Å². The summed E-state index contributed by atoms with van der Waals surface area (Å²) in [7, 11) is 0. The highest BCUT2D eigenvalue weighted by Crippen LogP contribution is 2.54. The Bertz CT molecular complexity index is 494. The van der Waals surface area contributed by atoms with Gasteiger partial charge in [-0.15, -0.1) is 0 Å². The number of rotatable bonds is 4. The van der Waals surface area contributed by atoms with Crippen LogP contribution in [-0.2, 0) is 4.74 Å². The molecule has 0 radical (unpaired) electrons. The zero-order valence-electron chi connectivity index (χ0n) is 13.6. The van der Waals surface area contributed by atoms with Gasteiger partial charge < -0.3 is 10.1 Å². The number of pyridine rings is 1. The fraction of sp³-hybridized carbons (Fsp3) is 0.722. The summed E-state index contributed by atoms with van der Waals surface area (Å²) in [6, 6.07) is 4.83. The van der Waals surface area contributed by atoms with E-state index in [0.717, 1.165) is 24.4 Å². The molecular weight excluding hydrogens is 260 g/mol. The van der Waals surface area contributed by atoms with E-state index >= 15 is 0 Å². The summed E-state index contributed by atoms with van der Waals surface area (Å²) < 4.78 is 6.03. The molecule has 1 spiro atoms. The average Bonchev–Trinajstić information content (AvgIpc) is 2.49. The van der Waals surface area contributed by atoms with Crippen LogP contribution in [0, 0.1) is 19.3 Å². The summed E-state index contributed by atoms with van der Waals surface area (Å²) in [6.45, 7) is 7.10. The quantitative estimate of drug-likeness (QED) is 0.900. The van der Waals surface area contributed by atoms with Crippen molar-refractivity contribution in [1.29, 1.82) is 0 Å². The number of hydrogen-bond acceptors (Lipinski definition) is 3. The van der Waals surface area contributed by atoms with Crippen LogP contribution in [-0.4, -0.2) is 23.7 Å². The Morgan fingerprint density at radius 3 is 2.67 bits per heavy atom. The Balaban J connectivity index is 1.75. The molecule has 0 aliphatic heterocycles. The molecule has 0 saturated heterocycles. The summed E-state index contributed by atoms with van der Waals surface area (Å²) in [5, 5.41) is 3.78. The van der Waals surface area contributed by atoms with Gasteiger partial charge in [-0.1, -0.05) is 19.3 Å². The molecule has 2 aliphatic carbocycles. The molecule has 116 valence electrons. The minimum atomic E-state index is 0.367. The maximum absolute atomic E-state index is 6.03. The second kappa shape index (κ2) is 5.96. The van der Waals surface area contributed by atoms with Gasteiger partial charge in [0.2, 0.25) is 0 Å². The van der Waals surface area contributed by atoms with Crippen LogP contribution in [0.15, 0.2) is 12.1 Å². The van der Waals surface area contributed by atoms with Gasteiger partial charge >= 0.3 is 0 Å². The molecule has 2 atom stereocenters. The molecule has 1 heterocycles. The smallest absolute Gasteiger partial charge is 0.0670 e. The molecule has 1 N–H and O–H groups in total. The highest BCUT2D eigenvalue weighted by Gasteiger charge is 2.55. The minimum absolute atomic E-state index is 0.367. The lowest BCUT2D eigenvalue weighted by Gasteiger charge is -2.58. The van der Waals surface area contributed by atoms with Gasteiger partial charge in [0.05, 0.1) is 17.5 Å². The molecule has 1 aromatic heterocycles. The molecule has 2 saturated carbocycles. The van der Waals surface area contributed by atoms with Crippen molar-refractivity contribution in [2.45, 2.75) is 71.4 Å². The minimum Gasteiger partial charge on any atom is -0.380 e. The Kier molecular flexibility index (Phi) is 4.21. The van der Waals surface area contributed by atoms with E-state index in [9.17, 15) is 0 Å². The van der Waals surface area contributed by atoms with Crippen LogP contribution in [0.3, 0.4) is 0 Å². The van der Waals surface area contributed by atoms with Crippen molar-refractivity contribution in [2.24, 2.45) is 5.41 Å². The normalized spacial score (nSPS) is 27.4. The molecule has 1 aromatic rings. The van der Waals surface area contributed by atoms with E-state index in [1.54, 1.807) is 0 Å². The Hall–Kier alpha value is -1.09. The predicted octanol–water partition coefficient (Wildman–Crippen LogP) is 4.24. The molecule has 3 nitrogen and oxygen atoms in total. The van der Waals surface area contributed by atoms with Gasteiger partial charge in [-0.05, 0) is 52.2 Å². The van der Waals surface area contributed by atoms with E-state index in [-0.39, 0.29) is 0 Å². The van der Waals surface area contributed by atoms with Crippen LogP contribution in [0.4, 0.5) is 5.69 Å². The van der Waals surface area contributed by atoms with E-state index in [1.165, 1.54) is 37.8 Å². The highest BCUT2D eigenvalue weighted by molar-refractivity contribution is 5.49. The van der Waals surface area contributed by atoms with Crippen LogP contribution in [0.5, 0.6) is 0 Å². The molecule has 21 heavy (non-hydrogen) atoms. The van der Waals surface area contributed by atoms with Gasteiger partial charge in [0.1, 0.15) is 0 Å². The SMILES string of the molecule is CCOC1CC(Nc2ccc(C)nc2C)C12CCCCC2. The van der Waals surface area contributed by atoms with Crippen LogP contribution in [0.2, 0.25) is 0 Å². The van der Waals surface area contributed by atoms with Crippen molar-refractivity contribution in [3.63, 3.8) is 0 Å². The van der Waals surface area contributed by atoms with Gasteiger partial charge in [-0.3, -0.25) is 4.98 Å². The third-order valence-electron chi connectivity index (χ3n) is 5.49. The second-order valence-corrected chi connectivity index (χ2v) is 6.76. The standard InChI is InChI=1S/C18H28N2O/c1-4-21-17-12-16(18(17)10-6-5-7-11-18)20-15-9-8-13(2)19-14(15)3/h8-9,16-17,20H,4-7,10-12H2,1-3H3. The highest BCUT2D eigenvalue weighted by atomic mass is 16.5. The number of hydrogen-bond donors (Lipinski definition) is 1. The largest absolute Gasteiger partial charge is 0.380 e. The molecule has 3 heteroatoms. The van der Waals surface area contributed by atoms with E-state index in [1.807, 2.05) is 6.92 Å². The Morgan fingerprint density at radius 1 is 1.24 bits per heavy atom. The maximum atomic E-state index is 6.03. The first-order valence-corrected chi connectivity index (χ1v) is 8.48. The fourth-order valence-electron chi connectivity index (χ4n) is 4.29. The topological polar surface area (TPSA) is 34.1 Å². The van der Waals surface area contributed by atoms with Gasteiger partial charge in [-0.2, -0.15) is 0 Å². The molecule has 2 unspecified atom stereocenters. The van der Waals surface area contributed by atoms with Crippen LogP contribution < -0.4 is 5.32 Å². The van der Waals surface area contributed by atoms with Gasteiger partial charge in [0, 0.05) is 23.8 Å². The second-order valence-electron chi connectivity index (χ2n) is 6.76. The van der Waals surface area contributed by atoms with Gasteiger partial charge in [0.25, 0.3) is 0 Å². The molecule has 3 rings (SSSR count). The van der Waals surface area contributed by atoms with Crippen molar-refractivity contribution in [2.75, 3.05) is 11.9 Å². The maximum Gasteiger partial charge on any atom is 0.0670 e. The number of nitrogens with one attached hydrogen (secondary N) is 1. The van der Waals surface area contributed by atoms with Crippen molar-refractivity contribution < 1.29 is 4.74 Å². The molecule has 2 fully saturated rings. The van der Waals surface area contributed by atoms with Crippen LogP contribution in [0.1, 0.15) is 56.8 Å². The lowest BCUT2D eigenvalue weighted by molar-refractivity contribution is -0.134. The van der Waals surface area contributed by atoms with Crippen molar-refractivity contribution >= 4 is 5.69 Å². The summed E-state index contributed by atoms with van der Waals surface area (Å²) in [4.78, 5) is 4.58. The third-order valence-corrected chi connectivity index (χ3v) is 5.49. The molecular formula is C18H28N2O. The summed E-state index contributed by atoms with van der Waals surface area (Å²) in [5.74, 6) is 0. The number of aryl methyl sites for hydroxylation is 2. The third kappa shape index (κ3) is 2.68. The Morgan fingerprint density at radius 2 is 2.00 bits per heavy atom. The number of anilines is 1. The van der Waals surface area contributed by atoms with Crippen LogP contribution in [0.25, 0.3) is 0 Å². The lowest BCUT2D eigenvalue weighted by Crippen LogP contribution is -2.62. The first-order chi connectivity index (χ1) is 10.2. The summed E-state index contributed by atoms with van der Waals surface area (Å²) >= 11 is 0. The van der Waals surface area contributed by atoms with Gasteiger partial charge in [0.15, 0.2) is 0 Å². The summed E-state index contributed by atoms with van der Waals surface area (Å²) in [5.41, 5.74) is 3.77. The zero-order chi connectivity index (χ0) is 14.9. The fourth-order valence-corrected chi connectivity index (χ4v) is 4.29. The van der Waals surface area contributed by atoms with Crippen LogP contribution >= 0.6 is 0 Å². The number of nitrogens with zero attached hydrogens (tertiary/aromatic N) is 1. The van der Waals surface area contributed by atoms with Crippen molar-refractivity contribution in [1.82, 2.24) is 4.98 Å². The molecule has 0 bridgehead atoms. The van der Waals surface area contributed by atoms with Gasteiger partial charge in [-0.25, -0.2) is 0 Å². The van der Waals surface area contributed by atoms with E-state index in [4.69, 9.17) is 4.74 Å². The molecule has 0 amide bonds. The molecule has 2 aliphatic rings. The van der Waals surface area contributed by atoms with E-state index < -0.39 is 0 Å². The predicted molar refractivity (Wildman–Crippen MR) is 86.7 cm³/mol. The Labute approximate surface area is 128 Å². The molecule has 0 aromatic carbocycles. The monoisotopic (exact) mass is 288 g/mol. The zero-order valence-corrected chi connectivity index (χ0v) is 13.6. The summed E-state index contributed by atoms with van der Waals surface area (Å²) in [6.07, 6.45) is 8.32. The lowest BCUT2D eigenvalue weighted by atomic mass is 9.55. The first-order valence-electron chi connectivity index (χ1n) is 8.48. The number of aromatic nitrogens is 1. The number of ether oxygens (including phenoxy) is 1. The van der Waals surface area contributed by atoms with E-state index in [2.05, 4.69) is 36.3 Å². The van der Waals surface area contributed by atoms with E-state index in [0.29, 0.717) is 17.6 Å². The van der Waals surface area contributed by atoms with Crippen molar-refractivity contribution in [3.8, 4) is 0 Å². The first kappa shape index (κ1) is 14.8.